The van der Waals surface area contributed by atoms with E-state index in [-0.39, 0.29) is 23.9 Å². The third-order valence-corrected chi connectivity index (χ3v) is 6.35. The molecule has 2 heterocycles. The van der Waals surface area contributed by atoms with E-state index < -0.39 is 0 Å². The number of furan rings is 1. The van der Waals surface area contributed by atoms with E-state index in [2.05, 4.69) is 12.2 Å². The summed E-state index contributed by atoms with van der Waals surface area (Å²) in [6.45, 7) is 2.76. The molecule has 3 fully saturated rings. The van der Waals surface area contributed by atoms with E-state index in [4.69, 9.17) is 4.42 Å². The second-order valence-corrected chi connectivity index (χ2v) is 7.77. The summed E-state index contributed by atoms with van der Waals surface area (Å²) in [5, 5.41) is 3.22. The molecular weight excluding hydrogens is 304 g/mol. The molecule has 0 unspecified atom stereocenters. The molecule has 1 aromatic rings. The molecule has 0 spiro atoms. The van der Waals surface area contributed by atoms with Crippen molar-refractivity contribution in [2.45, 2.75) is 57.5 Å². The maximum absolute atomic E-state index is 12.8. The number of fused-ring (bicyclic) bond motifs is 2. The van der Waals surface area contributed by atoms with Crippen LogP contribution in [-0.2, 0) is 4.79 Å². The Hall–Kier alpha value is -1.78. The maximum Gasteiger partial charge on any atom is 0.290 e. The molecular formula is C19H26N2O3. The van der Waals surface area contributed by atoms with Crippen molar-refractivity contribution in [1.82, 2.24) is 10.2 Å². The number of nitrogens with one attached hydrogen (secondary N) is 1. The molecule has 1 N–H and O–H groups in total. The van der Waals surface area contributed by atoms with E-state index in [1.807, 2.05) is 0 Å². The standard InChI is InChI=1S/C19H26N2O3/c1-12(15-11-13-6-7-14(15)10-13)20-18(22)16-4-2-8-21(16)19(23)17-5-3-9-24-17/h3,5,9,12-16H,2,4,6-8,10-11H2,1H3,(H,20,22)/t12-,13-,14-,15-,16-/m0/s1. The Bertz CT molecular complexity index is 612. The van der Waals surface area contributed by atoms with Crippen LogP contribution in [0.1, 0.15) is 56.0 Å². The van der Waals surface area contributed by atoms with E-state index in [0.29, 0.717) is 18.2 Å². The van der Waals surface area contributed by atoms with Gasteiger partial charge in [0.2, 0.25) is 5.91 Å². The summed E-state index contributed by atoms with van der Waals surface area (Å²) >= 11 is 0. The van der Waals surface area contributed by atoms with Crippen molar-refractivity contribution in [3.05, 3.63) is 24.2 Å². The third kappa shape index (κ3) is 2.74. The SMILES string of the molecule is C[C@H](NC(=O)[C@@H]1CCCN1C(=O)c1ccco1)[C@@H]1C[C@H]2CC[C@H]1C2. The second-order valence-electron chi connectivity index (χ2n) is 7.77. The largest absolute Gasteiger partial charge is 0.459 e. The van der Waals surface area contributed by atoms with Gasteiger partial charge in [0, 0.05) is 12.6 Å². The van der Waals surface area contributed by atoms with Gasteiger partial charge in [-0.1, -0.05) is 6.42 Å². The minimum atomic E-state index is -0.358. The number of likely N-dealkylation sites (tertiary alicyclic amines) is 1. The number of carbonyl (C=O) groups is 2. The van der Waals surface area contributed by atoms with E-state index in [9.17, 15) is 9.59 Å². The molecule has 4 rings (SSSR count). The Morgan fingerprint density at radius 2 is 2.17 bits per heavy atom. The molecule has 1 aliphatic heterocycles. The first kappa shape index (κ1) is 15.7. The highest BCUT2D eigenvalue weighted by Crippen LogP contribution is 2.49. The van der Waals surface area contributed by atoms with Gasteiger partial charge < -0.3 is 14.6 Å². The fourth-order valence-corrected chi connectivity index (χ4v) is 5.16. The van der Waals surface area contributed by atoms with Crippen LogP contribution < -0.4 is 5.32 Å². The van der Waals surface area contributed by atoms with Crippen LogP contribution >= 0.6 is 0 Å². The number of amides is 2. The smallest absolute Gasteiger partial charge is 0.290 e. The summed E-state index contributed by atoms with van der Waals surface area (Å²) in [7, 11) is 0. The number of hydrogen-bond acceptors (Lipinski definition) is 3. The molecule has 2 amide bonds. The number of rotatable bonds is 4. The van der Waals surface area contributed by atoms with E-state index in [1.54, 1.807) is 17.0 Å². The van der Waals surface area contributed by atoms with E-state index in [1.165, 1.54) is 31.9 Å². The lowest BCUT2D eigenvalue weighted by molar-refractivity contribution is -0.126. The summed E-state index contributed by atoms with van der Waals surface area (Å²) in [6.07, 6.45) is 8.39. The average Bonchev–Trinajstić information content (AvgIpc) is 3.38. The third-order valence-electron chi connectivity index (χ3n) is 6.35. The molecule has 5 nitrogen and oxygen atoms in total. The highest BCUT2D eigenvalue weighted by atomic mass is 16.3. The molecule has 5 atom stereocenters. The van der Waals surface area contributed by atoms with Gasteiger partial charge in [-0.3, -0.25) is 9.59 Å². The van der Waals surface area contributed by atoms with Crippen molar-refractivity contribution in [3.63, 3.8) is 0 Å². The molecule has 130 valence electrons. The van der Waals surface area contributed by atoms with Crippen molar-refractivity contribution in [1.29, 1.82) is 0 Å². The Labute approximate surface area is 142 Å². The number of hydrogen-bond donors (Lipinski definition) is 1. The Morgan fingerprint density at radius 3 is 2.83 bits per heavy atom. The highest BCUT2D eigenvalue weighted by molar-refractivity contribution is 5.96. The zero-order chi connectivity index (χ0) is 16.7. The first-order valence-corrected chi connectivity index (χ1v) is 9.28. The molecule has 3 aliphatic rings. The molecule has 5 heteroatoms. The van der Waals surface area contributed by atoms with E-state index in [0.717, 1.165) is 24.7 Å². The van der Waals surface area contributed by atoms with Crippen molar-refractivity contribution in [3.8, 4) is 0 Å². The number of nitrogens with zero attached hydrogens (tertiary/aromatic N) is 1. The summed E-state index contributed by atoms with van der Waals surface area (Å²) in [5.74, 6) is 2.42. The van der Waals surface area contributed by atoms with Crippen molar-refractivity contribution in [2.24, 2.45) is 17.8 Å². The van der Waals surface area contributed by atoms with Crippen LogP contribution in [0.4, 0.5) is 0 Å². The van der Waals surface area contributed by atoms with Crippen LogP contribution in [0.15, 0.2) is 22.8 Å². The van der Waals surface area contributed by atoms with Crippen molar-refractivity contribution < 1.29 is 14.0 Å². The molecule has 2 saturated carbocycles. The Morgan fingerprint density at radius 1 is 1.29 bits per heavy atom. The lowest BCUT2D eigenvalue weighted by Gasteiger charge is -2.31. The minimum absolute atomic E-state index is 0.00248. The predicted octanol–water partition coefficient (Wildman–Crippen LogP) is 2.83. The molecule has 1 aromatic heterocycles. The zero-order valence-corrected chi connectivity index (χ0v) is 14.2. The highest BCUT2D eigenvalue weighted by Gasteiger charge is 2.43. The van der Waals surface area contributed by atoms with Gasteiger partial charge in [0.05, 0.1) is 6.26 Å². The molecule has 2 bridgehead atoms. The Balaban J connectivity index is 1.39. The van der Waals surface area contributed by atoms with Crippen LogP contribution in [0.5, 0.6) is 0 Å². The lowest BCUT2D eigenvalue weighted by Crippen LogP contribution is -2.50. The van der Waals surface area contributed by atoms with Gasteiger partial charge in [0.1, 0.15) is 6.04 Å². The van der Waals surface area contributed by atoms with Gasteiger partial charge in [0.25, 0.3) is 5.91 Å². The first-order valence-electron chi connectivity index (χ1n) is 9.28. The molecule has 24 heavy (non-hydrogen) atoms. The molecule has 1 saturated heterocycles. The van der Waals surface area contributed by atoms with Crippen LogP contribution in [-0.4, -0.2) is 35.3 Å². The normalized spacial score (nSPS) is 33.0. The quantitative estimate of drug-likeness (QED) is 0.923. The fourth-order valence-electron chi connectivity index (χ4n) is 5.16. The Kier molecular flexibility index (Phi) is 4.10. The van der Waals surface area contributed by atoms with Gasteiger partial charge >= 0.3 is 0 Å². The molecule has 0 radical (unpaired) electrons. The van der Waals surface area contributed by atoms with Crippen LogP contribution in [0, 0.1) is 17.8 Å². The second kappa shape index (κ2) is 6.26. The lowest BCUT2D eigenvalue weighted by atomic mass is 9.84. The average molecular weight is 330 g/mol. The molecule has 2 aliphatic carbocycles. The summed E-state index contributed by atoms with van der Waals surface area (Å²) in [5.41, 5.74) is 0. The van der Waals surface area contributed by atoms with Crippen LogP contribution in [0.2, 0.25) is 0 Å². The monoisotopic (exact) mass is 330 g/mol. The summed E-state index contributed by atoms with van der Waals surface area (Å²) in [4.78, 5) is 27.0. The van der Waals surface area contributed by atoms with Crippen LogP contribution in [0.3, 0.4) is 0 Å². The van der Waals surface area contributed by atoms with Crippen LogP contribution in [0.25, 0.3) is 0 Å². The van der Waals surface area contributed by atoms with Gasteiger partial charge in [-0.05, 0) is 68.9 Å². The summed E-state index contributed by atoms with van der Waals surface area (Å²) in [6, 6.07) is 3.21. The van der Waals surface area contributed by atoms with Gasteiger partial charge in [-0.2, -0.15) is 0 Å². The molecule has 0 aromatic carbocycles. The van der Waals surface area contributed by atoms with Gasteiger partial charge in [-0.15, -0.1) is 0 Å². The van der Waals surface area contributed by atoms with Gasteiger partial charge in [0.15, 0.2) is 5.76 Å². The van der Waals surface area contributed by atoms with Crippen molar-refractivity contribution in [2.75, 3.05) is 6.54 Å². The summed E-state index contributed by atoms with van der Waals surface area (Å²) < 4.78 is 5.21. The maximum atomic E-state index is 12.8. The van der Waals surface area contributed by atoms with Gasteiger partial charge in [-0.25, -0.2) is 0 Å². The van der Waals surface area contributed by atoms with Crippen molar-refractivity contribution >= 4 is 11.8 Å². The van der Waals surface area contributed by atoms with E-state index >= 15 is 0 Å². The predicted molar refractivity (Wildman–Crippen MR) is 89.3 cm³/mol. The fraction of sp³-hybridized carbons (Fsp3) is 0.684. The topological polar surface area (TPSA) is 62.6 Å². The first-order chi connectivity index (χ1) is 11.6. The minimum Gasteiger partial charge on any atom is -0.459 e. The number of carbonyl (C=O) groups excluding carboxylic acids is 2. The zero-order valence-electron chi connectivity index (χ0n) is 14.2.